The van der Waals surface area contributed by atoms with Gasteiger partial charge in [0.05, 0.1) is 21.8 Å². The fourth-order valence-corrected chi connectivity index (χ4v) is 5.27. The van der Waals surface area contributed by atoms with Crippen LogP contribution < -0.4 is 10.9 Å². The summed E-state index contributed by atoms with van der Waals surface area (Å²) in [5.74, 6) is 0.423. The number of nitrogens with one attached hydrogen (secondary N) is 1. The number of hydrogen-bond acceptors (Lipinski definition) is 6. The first-order valence-corrected chi connectivity index (χ1v) is 11.6. The molecule has 0 saturated carbocycles. The van der Waals surface area contributed by atoms with Crippen molar-refractivity contribution in [1.82, 2.24) is 24.6 Å². The Kier molecular flexibility index (Phi) is 5.41. The molecule has 2 aromatic carbocycles. The summed E-state index contributed by atoms with van der Waals surface area (Å²) < 4.78 is 1.34. The van der Waals surface area contributed by atoms with Crippen molar-refractivity contribution in [3.8, 4) is 5.69 Å². The van der Waals surface area contributed by atoms with Crippen LogP contribution >= 0.6 is 11.6 Å². The van der Waals surface area contributed by atoms with Crippen molar-refractivity contribution in [1.29, 1.82) is 0 Å². The van der Waals surface area contributed by atoms with Crippen LogP contribution in [0.4, 0.5) is 11.6 Å². The van der Waals surface area contributed by atoms with E-state index < -0.39 is 0 Å². The largest absolute Gasteiger partial charge is 0.324 e. The second-order valence-corrected chi connectivity index (χ2v) is 10.1. The van der Waals surface area contributed by atoms with E-state index in [1.54, 1.807) is 12.3 Å². The molecule has 0 aliphatic carbocycles. The molecule has 34 heavy (non-hydrogen) atoms. The highest BCUT2D eigenvalue weighted by molar-refractivity contribution is 6.32. The lowest BCUT2D eigenvalue weighted by atomic mass is 9.78. The van der Waals surface area contributed by atoms with E-state index in [2.05, 4.69) is 64.4 Å². The molecule has 0 spiro atoms. The van der Waals surface area contributed by atoms with E-state index in [0.717, 1.165) is 24.3 Å². The SMILES string of the molecule is Cc1cccc(Cl)c1-n1nc(C)c2nc(Nc3ccc4c(c3)CN(C)CC4(C)C)ncc2c1=O. The van der Waals surface area contributed by atoms with Gasteiger partial charge in [-0.1, -0.05) is 43.6 Å². The zero-order chi connectivity index (χ0) is 24.2. The molecular formula is C26H27ClN6O. The van der Waals surface area contributed by atoms with Crippen LogP contribution in [-0.4, -0.2) is 38.2 Å². The highest BCUT2D eigenvalue weighted by Crippen LogP contribution is 2.34. The summed E-state index contributed by atoms with van der Waals surface area (Å²) in [5, 5.41) is 8.68. The zero-order valence-electron chi connectivity index (χ0n) is 20.0. The number of anilines is 2. The first-order valence-electron chi connectivity index (χ1n) is 11.3. The molecule has 5 rings (SSSR count). The van der Waals surface area contributed by atoms with Crippen LogP contribution in [0.1, 0.15) is 36.2 Å². The van der Waals surface area contributed by atoms with Gasteiger partial charge in [-0.15, -0.1) is 0 Å². The summed E-state index contributed by atoms with van der Waals surface area (Å²) in [4.78, 5) is 24.6. The van der Waals surface area contributed by atoms with Crippen LogP contribution in [0.5, 0.6) is 0 Å². The number of fused-ring (bicyclic) bond motifs is 2. The highest BCUT2D eigenvalue weighted by atomic mass is 35.5. The van der Waals surface area contributed by atoms with E-state index in [9.17, 15) is 4.79 Å². The maximum Gasteiger partial charge on any atom is 0.282 e. The fraction of sp³-hybridized carbons (Fsp3) is 0.308. The van der Waals surface area contributed by atoms with Gasteiger partial charge >= 0.3 is 0 Å². The Labute approximate surface area is 203 Å². The van der Waals surface area contributed by atoms with Gasteiger partial charge in [0.2, 0.25) is 5.95 Å². The number of rotatable bonds is 3. The third-order valence-electron chi connectivity index (χ3n) is 6.40. The molecule has 3 heterocycles. The van der Waals surface area contributed by atoms with Gasteiger partial charge in [0, 0.05) is 30.4 Å². The molecule has 0 atom stereocenters. The lowest BCUT2D eigenvalue weighted by Crippen LogP contribution is -2.39. The molecular weight excluding hydrogens is 448 g/mol. The Morgan fingerprint density at radius 3 is 2.71 bits per heavy atom. The lowest BCUT2D eigenvalue weighted by molar-refractivity contribution is 0.236. The van der Waals surface area contributed by atoms with Crippen LogP contribution in [0.25, 0.3) is 16.6 Å². The molecule has 174 valence electrons. The number of benzene rings is 2. The summed E-state index contributed by atoms with van der Waals surface area (Å²) in [6.07, 6.45) is 1.56. The van der Waals surface area contributed by atoms with E-state index in [4.69, 9.17) is 11.6 Å². The molecule has 1 N–H and O–H groups in total. The van der Waals surface area contributed by atoms with Crippen molar-refractivity contribution >= 4 is 34.1 Å². The van der Waals surface area contributed by atoms with Gasteiger partial charge in [-0.25, -0.2) is 9.97 Å². The first kappa shape index (κ1) is 22.5. The average Bonchev–Trinajstić information content (AvgIpc) is 2.76. The summed E-state index contributed by atoms with van der Waals surface area (Å²) in [6, 6.07) is 11.9. The summed E-state index contributed by atoms with van der Waals surface area (Å²) >= 11 is 6.39. The van der Waals surface area contributed by atoms with E-state index in [0.29, 0.717) is 33.3 Å². The summed E-state index contributed by atoms with van der Waals surface area (Å²) in [5.41, 5.74) is 5.94. The summed E-state index contributed by atoms with van der Waals surface area (Å²) in [6.45, 7) is 10.2. The van der Waals surface area contributed by atoms with Gasteiger partial charge in [0.15, 0.2) is 0 Å². The first-order chi connectivity index (χ1) is 16.1. The molecule has 2 aromatic heterocycles. The van der Waals surface area contributed by atoms with Crippen LogP contribution in [0.15, 0.2) is 47.4 Å². The van der Waals surface area contributed by atoms with Gasteiger partial charge in [-0.05, 0) is 55.8 Å². The predicted octanol–water partition coefficient (Wildman–Crippen LogP) is 4.91. The van der Waals surface area contributed by atoms with Gasteiger partial charge in [-0.3, -0.25) is 4.79 Å². The van der Waals surface area contributed by atoms with Gasteiger partial charge in [-0.2, -0.15) is 9.78 Å². The van der Waals surface area contributed by atoms with Crippen LogP contribution in [0, 0.1) is 13.8 Å². The van der Waals surface area contributed by atoms with Gasteiger partial charge in [0.1, 0.15) is 5.52 Å². The second kappa shape index (κ2) is 8.18. The highest BCUT2D eigenvalue weighted by Gasteiger charge is 2.30. The number of nitrogens with zero attached hydrogens (tertiary/aromatic N) is 5. The molecule has 0 unspecified atom stereocenters. The van der Waals surface area contributed by atoms with E-state index >= 15 is 0 Å². The normalized spacial score (nSPS) is 15.4. The molecule has 7 nitrogen and oxygen atoms in total. The van der Waals surface area contributed by atoms with E-state index in [1.165, 1.54) is 15.8 Å². The molecule has 1 aliphatic rings. The quantitative estimate of drug-likeness (QED) is 0.454. The molecule has 0 amide bonds. The number of para-hydroxylation sites is 1. The second-order valence-electron chi connectivity index (χ2n) is 9.72. The Bertz CT molecular complexity index is 1470. The van der Waals surface area contributed by atoms with Crippen molar-refractivity contribution in [3.05, 3.63) is 80.4 Å². The van der Waals surface area contributed by atoms with Crippen LogP contribution in [-0.2, 0) is 12.0 Å². The minimum absolute atomic E-state index is 0.100. The third kappa shape index (κ3) is 3.85. The Balaban J connectivity index is 1.53. The molecule has 0 fully saturated rings. The third-order valence-corrected chi connectivity index (χ3v) is 6.71. The number of hydrogen-bond donors (Lipinski definition) is 1. The number of likely N-dealkylation sites (N-methyl/N-ethyl adjacent to an activating group) is 1. The molecule has 0 saturated heterocycles. The predicted molar refractivity (Wildman–Crippen MR) is 136 cm³/mol. The van der Waals surface area contributed by atoms with Crippen molar-refractivity contribution in [3.63, 3.8) is 0 Å². The maximum absolute atomic E-state index is 13.2. The number of halogens is 1. The Hall–Kier alpha value is -3.29. The van der Waals surface area contributed by atoms with Gasteiger partial charge in [0.25, 0.3) is 5.56 Å². The molecule has 1 aliphatic heterocycles. The smallest absolute Gasteiger partial charge is 0.282 e. The zero-order valence-corrected chi connectivity index (χ0v) is 20.7. The average molecular weight is 475 g/mol. The van der Waals surface area contributed by atoms with Crippen LogP contribution in [0.3, 0.4) is 0 Å². The maximum atomic E-state index is 13.2. The van der Waals surface area contributed by atoms with Gasteiger partial charge < -0.3 is 10.2 Å². The minimum atomic E-state index is -0.303. The van der Waals surface area contributed by atoms with E-state index in [-0.39, 0.29) is 11.0 Å². The van der Waals surface area contributed by atoms with Crippen LogP contribution in [0.2, 0.25) is 5.02 Å². The summed E-state index contributed by atoms with van der Waals surface area (Å²) in [7, 11) is 2.14. The topological polar surface area (TPSA) is 75.9 Å². The van der Waals surface area contributed by atoms with E-state index in [1.807, 2.05) is 26.0 Å². The molecule has 0 bridgehead atoms. The van der Waals surface area contributed by atoms with Crippen molar-refractivity contribution in [2.75, 3.05) is 18.9 Å². The molecule has 0 radical (unpaired) electrons. The lowest BCUT2D eigenvalue weighted by Gasteiger charge is -2.38. The monoisotopic (exact) mass is 474 g/mol. The minimum Gasteiger partial charge on any atom is -0.324 e. The Morgan fingerprint density at radius 1 is 1.15 bits per heavy atom. The standard InChI is InChI=1S/C26H27ClN6O/c1-15-7-6-8-21(27)23(15)33-24(34)19-12-28-25(30-22(19)16(2)31-33)29-18-9-10-20-17(11-18)13-32(5)14-26(20,3)4/h6-12H,13-14H2,1-5H3,(H,28,29,30). The molecule has 8 heteroatoms. The van der Waals surface area contributed by atoms with Crippen molar-refractivity contribution in [2.45, 2.75) is 39.7 Å². The fourth-order valence-electron chi connectivity index (χ4n) is 4.97. The molecule has 4 aromatic rings. The number of aromatic nitrogens is 4. The van der Waals surface area contributed by atoms with Crippen molar-refractivity contribution in [2.24, 2.45) is 0 Å². The van der Waals surface area contributed by atoms with Crippen molar-refractivity contribution < 1.29 is 0 Å². The Morgan fingerprint density at radius 2 is 1.94 bits per heavy atom. The number of aryl methyl sites for hydroxylation is 2.